The van der Waals surface area contributed by atoms with Gasteiger partial charge in [-0.25, -0.2) is 4.98 Å². The van der Waals surface area contributed by atoms with Crippen molar-refractivity contribution in [2.45, 2.75) is 19.3 Å². The van der Waals surface area contributed by atoms with Gasteiger partial charge < -0.3 is 10.2 Å². The molecule has 25 heavy (non-hydrogen) atoms. The summed E-state index contributed by atoms with van der Waals surface area (Å²) in [4.78, 5) is 18.5. The Morgan fingerprint density at radius 1 is 1.20 bits per heavy atom. The van der Waals surface area contributed by atoms with E-state index in [4.69, 9.17) is 0 Å². The number of carbonyl (C=O) groups excluding carboxylic acids is 1. The van der Waals surface area contributed by atoms with Crippen molar-refractivity contribution in [2.24, 2.45) is 5.92 Å². The van der Waals surface area contributed by atoms with E-state index in [9.17, 15) is 4.79 Å². The molecule has 0 unspecified atom stereocenters. The van der Waals surface area contributed by atoms with Gasteiger partial charge in [0, 0.05) is 19.6 Å². The zero-order valence-corrected chi connectivity index (χ0v) is 14.5. The molecule has 2 heterocycles. The molecule has 0 saturated carbocycles. The van der Waals surface area contributed by atoms with Crippen LogP contribution in [0, 0.1) is 5.92 Å². The number of aromatic nitrogens is 1. The predicted octanol–water partition coefficient (Wildman–Crippen LogP) is 3.46. The fourth-order valence-electron chi connectivity index (χ4n) is 3.31. The Morgan fingerprint density at radius 2 is 1.96 bits per heavy atom. The SMILES string of the molecule is C=CCNC(=O)c1ccc(N2CCC(Cc3ccccc3)CC2)cn1. The zero-order valence-electron chi connectivity index (χ0n) is 14.5. The summed E-state index contributed by atoms with van der Waals surface area (Å²) >= 11 is 0. The summed E-state index contributed by atoms with van der Waals surface area (Å²) in [6, 6.07) is 14.5. The summed E-state index contributed by atoms with van der Waals surface area (Å²) in [5.41, 5.74) is 2.97. The van der Waals surface area contributed by atoms with Crippen LogP contribution in [0.25, 0.3) is 0 Å². The van der Waals surface area contributed by atoms with Gasteiger partial charge in [0.15, 0.2) is 0 Å². The first-order chi connectivity index (χ1) is 12.3. The molecular weight excluding hydrogens is 310 g/mol. The Hall–Kier alpha value is -2.62. The highest BCUT2D eigenvalue weighted by molar-refractivity contribution is 5.92. The van der Waals surface area contributed by atoms with E-state index in [1.807, 2.05) is 6.07 Å². The normalized spacial score (nSPS) is 15.0. The molecule has 0 bridgehead atoms. The topological polar surface area (TPSA) is 45.2 Å². The van der Waals surface area contributed by atoms with Gasteiger partial charge >= 0.3 is 0 Å². The second-order valence-corrected chi connectivity index (χ2v) is 6.52. The highest BCUT2D eigenvalue weighted by Gasteiger charge is 2.20. The molecule has 2 aromatic rings. The van der Waals surface area contributed by atoms with Crippen LogP contribution in [0.4, 0.5) is 5.69 Å². The molecule has 1 fully saturated rings. The summed E-state index contributed by atoms with van der Waals surface area (Å²) in [6.07, 6.45) is 7.01. The Labute approximate surface area is 149 Å². The molecule has 1 amide bonds. The van der Waals surface area contributed by atoms with Crippen molar-refractivity contribution in [3.63, 3.8) is 0 Å². The molecule has 3 rings (SSSR count). The monoisotopic (exact) mass is 335 g/mol. The summed E-state index contributed by atoms with van der Waals surface area (Å²) in [5, 5.41) is 2.74. The van der Waals surface area contributed by atoms with Gasteiger partial charge in [0.1, 0.15) is 5.69 Å². The molecule has 0 radical (unpaired) electrons. The summed E-state index contributed by atoms with van der Waals surface area (Å²) in [7, 11) is 0. The lowest BCUT2D eigenvalue weighted by Gasteiger charge is -2.33. The van der Waals surface area contributed by atoms with E-state index in [2.05, 4.69) is 52.1 Å². The number of carbonyl (C=O) groups is 1. The lowest BCUT2D eigenvalue weighted by molar-refractivity contribution is 0.0953. The zero-order chi connectivity index (χ0) is 17.5. The van der Waals surface area contributed by atoms with Crippen molar-refractivity contribution in [3.05, 3.63) is 72.6 Å². The Bertz CT molecular complexity index is 689. The molecule has 1 saturated heterocycles. The molecule has 4 heteroatoms. The van der Waals surface area contributed by atoms with E-state index in [1.165, 1.54) is 18.4 Å². The molecule has 1 N–H and O–H groups in total. The van der Waals surface area contributed by atoms with Crippen LogP contribution in [-0.4, -0.2) is 30.5 Å². The summed E-state index contributed by atoms with van der Waals surface area (Å²) in [5.74, 6) is 0.587. The summed E-state index contributed by atoms with van der Waals surface area (Å²) < 4.78 is 0. The van der Waals surface area contributed by atoms with Crippen molar-refractivity contribution in [2.75, 3.05) is 24.5 Å². The number of piperidine rings is 1. The van der Waals surface area contributed by atoms with Crippen molar-refractivity contribution in [3.8, 4) is 0 Å². The fraction of sp³-hybridized carbons (Fsp3) is 0.333. The van der Waals surface area contributed by atoms with E-state index < -0.39 is 0 Å². The maximum absolute atomic E-state index is 11.9. The van der Waals surface area contributed by atoms with E-state index in [0.29, 0.717) is 12.2 Å². The number of nitrogens with one attached hydrogen (secondary N) is 1. The highest BCUT2D eigenvalue weighted by atomic mass is 16.1. The van der Waals surface area contributed by atoms with Crippen molar-refractivity contribution in [1.29, 1.82) is 0 Å². The predicted molar refractivity (Wildman–Crippen MR) is 102 cm³/mol. The lowest BCUT2D eigenvalue weighted by atomic mass is 9.90. The van der Waals surface area contributed by atoms with Crippen LogP contribution >= 0.6 is 0 Å². The van der Waals surface area contributed by atoms with Crippen LogP contribution in [0.5, 0.6) is 0 Å². The number of hydrogen-bond donors (Lipinski definition) is 1. The third kappa shape index (κ3) is 4.69. The first kappa shape index (κ1) is 17.2. The fourth-order valence-corrected chi connectivity index (χ4v) is 3.31. The first-order valence-corrected chi connectivity index (χ1v) is 8.90. The third-order valence-corrected chi connectivity index (χ3v) is 4.73. The Balaban J connectivity index is 1.52. The maximum atomic E-state index is 11.9. The highest BCUT2D eigenvalue weighted by Crippen LogP contribution is 2.25. The molecule has 1 aliphatic rings. The number of benzene rings is 1. The molecule has 0 spiro atoms. The number of hydrogen-bond acceptors (Lipinski definition) is 3. The Morgan fingerprint density at radius 3 is 2.60 bits per heavy atom. The smallest absolute Gasteiger partial charge is 0.270 e. The molecule has 1 aromatic carbocycles. The number of amides is 1. The van der Waals surface area contributed by atoms with Gasteiger partial charge in [-0.05, 0) is 42.9 Å². The Kier molecular flexibility index (Phi) is 5.83. The van der Waals surface area contributed by atoms with Crippen LogP contribution in [0.1, 0.15) is 28.9 Å². The van der Waals surface area contributed by atoms with Gasteiger partial charge in [-0.2, -0.15) is 0 Å². The number of anilines is 1. The quantitative estimate of drug-likeness (QED) is 0.822. The first-order valence-electron chi connectivity index (χ1n) is 8.90. The van der Waals surface area contributed by atoms with Crippen LogP contribution in [-0.2, 0) is 6.42 Å². The third-order valence-electron chi connectivity index (χ3n) is 4.73. The van der Waals surface area contributed by atoms with Crippen LogP contribution < -0.4 is 10.2 Å². The standard InChI is InChI=1S/C21H25N3O/c1-2-12-22-21(25)20-9-8-19(16-23-20)24-13-10-18(11-14-24)15-17-6-4-3-5-7-17/h2-9,16,18H,1,10-15H2,(H,22,25). The molecule has 0 atom stereocenters. The molecule has 1 aromatic heterocycles. The van der Waals surface area contributed by atoms with Crippen molar-refractivity contribution in [1.82, 2.24) is 10.3 Å². The van der Waals surface area contributed by atoms with Gasteiger partial charge in [-0.3, -0.25) is 4.79 Å². The number of nitrogens with zero attached hydrogens (tertiary/aromatic N) is 2. The number of pyridine rings is 1. The van der Waals surface area contributed by atoms with Gasteiger partial charge in [0.05, 0.1) is 11.9 Å². The van der Waals surface area contributed by atoms with E-state index in [0.717, 1.165) is 31.1 Å². The minimum atomic E-state index is -0.159. The average molecular weight is 335 g/mol. The van der Waals surface area contributed by atoms with Crippen LogP contribution in [0.2, 0.25) is 0 Å². The summed E-state index contributed by atoms with van der Waals surface area (Å²) in [6.45, 7) is 6.13. The van der Waals surface area contributed by atoms with Crippen LogP contribution in [0.3, 0.4) is 0 Å². The molecule has 0 aliphatic carbocycles. The van der Waals surface area contributed by atoms with Crippen molar-refractivity contribution >= 4 is 11.6 Å². The molecule has 4 nitrogen and oxygen atoms in total. The van der Waals surface area contributed by atoms with E-state index >= 15 is 0 Å². The van der Waals surface area contributed by atoms with Gasteiger partial charge in [-0.1, -0.05) is 36.4 Å². The molecular formula is C21H25N3O. The second-order valence-electron chi connectivity index (χ2n) is 6.52. The largest absolute Gasteiger partial charge is 0.370 e. The lowest BCUT2D eigenvalue weighted by Crippen LogP contribution is -2.34. The van der Waals surface area contributed by atoms with Gasteiger partial charge in [0.25, 0.3) is 5.91 Å². The van der Waals surface area contributed by atoms with E-state index in [1.54, 1.807) is 18.3 Å². The van der Waals surface area contributed by atoms with Gasteiger partial charge in [0.2, 0.25) is 0 Å². The maximum Gasteiger partial charge on any atom is 0.270 e. The molecule has 1 aliphatic heterocycles. The van der Waals surface area contributed by atoms with Gasteiger partial charge in [-0.15, -0.1) is 6.58 Å². The minimum absolute atomic E-state index is 0.159. The second kappa shape index (κ2) is 8.47. The van der Waals surface area contributed by atoms with Crippen LogP contribution in [0.15, 0.2) is 61.3 Å². The molecule has 130 valence electrons. The average Bonchev–Trinajstić information content (AvgIpc) is 2.68. The number of rotatable bonds is 6. The van der Waals surface area contributed by atoms with Crippen molar-refractivity contribution < 1.29 is 4.79 Å². The van der Waals surface area contributed by atoms with E-state index in [-0.39, 0.29) is 5.91 Å². The minimum Gasteiger partial charge on any atom is -0.370 e.